The Hall–Kier alpha value is -1.31. The highest BCUT2D eigenvalue weighted by molar-refractivity contribution is 6.09. The Labute approximate surface area is 83.6 Å². The van der Waals surface area contributed by atoms with Crippen LogP contribution < -0.4 is 0 Å². The predicted octanol–water partition coefficient (Wildman–Crippen LogP) is 2.68. The summed E-state index contributed by atoms with van der Waals surface area (Å²) in [6.45, 7) is 2.12. The number of rotatable bonds is 0. The molecule has 1 N–H and O–H groups in total. The fraction of sp³-hybridized carbons (Fsp3) is 0.417. The molecule has 0 aromatic rings. The van der Waals surface area contributed by atoms with Crippen molar-refractivity contribution in [2.24, 2.45) is 5.41 Å². The third-order valence-electron chi connectivity index (χ3n) is 3.15. The van der Waals surface area contributed by atoms with E-state index in [1.54, 1.807) is 6.08 Å². The summed E-state index contributed by atoms with van der Waals surface area (Å²) in [6.07, 6.45) is 9.77. The number of allylic oxidation sites excluding steroid dienone is 5. The Morgan fingerprint density at radius 3 is 3.07 bits per heavy atom. The van der Waals surface area contributed by atoms with Crippen LogP contribution in [0.5, 0.6) is 0 Å². The van der Waals surface area contributed by atoms with E-state index in [0.717, 1.165) is 31.1 Å². The highest BCUT2D eigenvalue weighted by Gasteiger charge is 2.35. The van der Waals surface area contributed by atoms with Crippen molar-refractivity contribution in [3.05, 3.63) is 35.6 Å². The summed E-state index contributed by atoms with van der Waals surface area (Å²) < 4.78 is 0. The van der Waals surface area contributed by atoms with Gasteiger partial charge in [-0.15, -0.1) is 0 Å². The average molecular weight is 190 g/mol. The molecule has 74 valence electrons. The zero-order valence-corrected chi connectivity index (χ0v) is 8.29. The number of aliphatic hydroxyl groups is 1. The number of hydrogen-bond acceptors (Lipinski definition) is 2. The Bertz CT molecular complexity index is 361. The monoisotopic (exact) mass is 190 g/mol. The molecule has 0 radical (unpaired) electrons. The van der Waals surface area contributed by atoms with Gasteiger partial charge in [0.1, 0.15) is 0 Å². The van der Waals surface area contributed by atoms with E-state index in [0.29, 0.717) is 5.57 Å². The molecule has 2 aliphatic rings. The maximum Gasteiger partial charge on any atom is 0.188 e. The minimum atomic E-state index is -0.0851. The van der Waals surface area contributed by atoms with Crippen LogP contribution in [-0.4, -0.2) is 10.9 Å². The Kier molecular flexibility index (Phi) is 2.06. The van der Waals surface area contributed by atoms with Gasteiger partial charge in [0.05, 0.1) is 11.8 Å². The molecular weight excluding hydrogens is 176 g/mol. The fourth-order valence-electron chi connectivity index (χ4n) is 2.29. The lowest BCUT2D eigenvalue weighted by Crippen LogP contribution is -2.27. The molecule has 0 saturated carbocycles. The van der Waals surface area contributed by atoms with Gasteiger partial charge in [0.25, 0.3) is 0 Å². The second kappa shape index (κ2) is 3.12. The molecule has 2 nitrogen and oxygen atoms in total. The summed E-state index contributed by atoms with van der Waals surface area (Å²) in [7, 11) is 0. The van der Waals surface area contributed by atoms with Crippen LogP contribution in [0.25, 0.3) is 0 Å². The summed E-state index contributed by atoms with van der Waals surface area (Å²) in [5, 5.41) is 9.06. The lowest BCUT2D eigenvalue weighted by molar-refractivity contribution is -0.111. The van der Waals surface area contributed by atoms with Crippen LogP contribution in [0.1, 0.15) is 26.2 Å². The second-order valence-electron chi connectivity index (χ2n) is 4.17. The Morgan fingerprint density at radius 2 is 2.36 bits per heavy atom. The van der Waals surface area contributed by atoms with E-state index in [2.05, 4.69) is 13.0 Å². The average Bonchev–Trinajstić information content (AvgIpc) is 2.19. The molecule has 2 rings (SSSR count). The first-order valence-corrected chi connectivity index (χ1v) is 4.96. The molecule has 0 aliphatic heterocycles. The molecule has 0 amide bonds. The molecular formula is C12H14O2. The van der Waals surface area contributed by atoms with E-state index in [1.165, 1.54) is 0 Å². The van der Waals surface area contributed by atoms with Gasteiger partial charge in [-0.2, -0.15) is 0 Å². The number of fused-ring (bicyclic) bond motifs is 1. The van der Waals surface area contributed by atoms with Crippen LogP contribution in [0.15, 0.2) is 35.6 Å². The zero-order chi connectivity index (χ0) is 10.2. The largest absolute Gasteiger partial charge is 0.515 e. The third-order valence-corrected chi connectivity index (χ3v) is 3.15. The summed E-state index contributed by atoms with van der Waals surface area (Å²) in [4.78, 5) is 11.5. The van der Waals surface area contributed by atoms with Crippen molar-refractivity contribution < 1.29 is 9.90 Å². The zero-order valence-electron chi connectivity index (χ0n) is 8.29. The number of carbonyl (C=O) groups excluding carboxylic acids is 1. The number of ketones is 1. The fourth-order valence-corrected chi connectivity index (χ4v) is 2.29. The van der Waals surface area contributed by atoms with E-state index < -0.39 is 0 Å². The molecule has 1 unspecified atom stereocenters. The number of carbonyl (C=O) groups is 1. The van der Waals surface area contributed by atoms with Gasteiger partial charge in [0.2, 0.25) is 0 Å². The number of aliphatic hydroxyl groups excluding tert-OH is 1. The maximum absolute atomic E-state index is 11.5. The molecule has 0 heterocycles. The van der Waals surface area contributed by atoms with Crippen LogP contribution in [0, 0.1) is 5.41 Å². The molecule has 0 fully saturated rings. The molecule has 0 spiro atoms. The van der Waals surface area contributed by atoms with Crippen LogP contribution >= 0.6 is 0 Å². The van der Waals surface area contributed by atoms with Crippen LogP contribution in [-0.2, 0) is 4.79 Å². The predicted molar refractivity (Wildman–Crippen MR) is 54.9 cm³/mol. The second-order valence-corrected chi connectivity index (χ2v) is 4.17. The van der Waals surface area contributed by atoms with Crippen molar-refractivity contribution in [1.82, 2.24) is 0 Å². The first-order chi connectivity index (χ1) is 6.67. The molecule has 2 heteroatoms. The topological polar surface area (TPSA) is 37.3 Å². The molecule has 0 aromatic carbocycles. The lowest BCUT2D eigenvalue weighted by atomic mass is 9.68. The van der Waals surface area contributed by atoms with Crippen molar-refractivity contribution in [2.45, 2.75) is 26.2 Å². The van der Waals surface area contributed by atoms with Gasteiger partial charge >= 0.3 is 0 Å². The van der Waals surface area contributed by atoms with Gasteiger partial charge in [0.15, 0.2) is 5.78 Å². The van der Waals surface area contributed by atoms with Crippen molar-refractivity contribution in [1.29, 1.82) is 0 Å². The first kappa shape index (κ1) is 9.25. The third kappa shape index (κ3) is 1.22. The van der Waals surface area contributed by atoms with E-state index in [4.69, 9.17) is 5.11 Å². The van der Waals surface area contributed by atoms with Crippen LogP contribution in [0.2, 0.25) is 0 Å². The van der Waals surface area contributed by atoms with Gasteiger partial charge in [-0.3, -0.25) is 4.79 Å². The van der Waals surface area contributed by atoms with Gasteiger partial charge in [-0.25, -0.2) is 0 Å². The Balaban J connectivity index is 2.54. The molecule has 1 atom stereocenters. The van der Waals surface area contributed by atoms with Crippen molar-refractivity contribution in [3.8, 4) is 0 Å². The Morgan fingerprint density at radius 1 is 1.57 bits per heavy atom. The van der Waals surface area contributed by atoms with Gasteiger partial charge in [0, 0.05) is 5.41 Å². The molecule has 0 aromatic heterocycles. The van der Waals surface area contributed by atoms with E-state index in [-0.39, 0.29) is 11.2 Å². The SMILES string of the molecule is CC12C=CC(=O)/C(=C/O)C1=CCCC2. The molecule has 2 aliphatic carbocycles. The van der Waals surface area contributed by atoms with Gasteiger partial charge < -0.3 is 5.11 Å². The molecule has 0 saturated heterocycles. The summed E-state index contributed by atoms with van der Waals surface area (Å²) in [6, 6.07) is 0. The normalized spacial score (nSPS) is 34.2. The van der Waals surface area contributed by atoms with E-state index >= 15 is 0 Å². The minimum absolute atomic E-state index is 0.0409. The quantitative estimate of drug-likeness (QED) is 0.471. The smallest absolute Gasteiger partial charge is 0.188 e. The summed E-state index contributed by atoms with van der Waals surface area (Å²) in [5.74, 6) is -0.0851. The van der Waals surface area contributed by atoms with Crippen molar-refractivity contribution >= 4 is 5.78 Å². The van der Waals surface area contributed by atoms with E-state index in [9.17, 15) is 4.79 Å². The summed E-state index contributed by atoms with van der Waals surface area (Å²) >= 11 is 0. The van der Waals surface area contributed by atoms with Crippen LogP contribution in [0.4, 0.5) is 0 Å². The maximum atomic E-state index is 11.5. The standard InChI is InChI=1S/C12H14O2/c1-12-6-3-2-4-10(12)9(8-13)11(14)5-7-12/h4-5,7-8,13H,2-3,6H2,1H3/b9-8+. The molecule has 14 heavy (non-hydrogen) atoms. The lowest BCUT2D eigenvalue weighted by Gasteiger charge is -2.35. The minimum Gasteiger partial charge on any atom is -0.515 e. The highest BCUT2D eigenvalue weighted by atomic mass is 16.2. The van der Waals surface area contributed by atoms with Crippen LogP contribution in [0.3, 0.4) is 0 Å². The number of hydrogen-bond donors (Lipinski definition) is 1. The summed E-state index contributed by atoms with van der Waals surface area (Å²) in [5.41, 5.74) is 1.43. The first-order valence-electron chi connectivity index (χ1n) is 4.96. The van der Waals surface area contributed by atoms with Crippen molar-refractivity contribution in [3.63, 3.8) is 0 Å². The highest BCUT2D eigenvalue weighted by Crippen LogP contribution is 2.44. The van der Waals surface area contributed by atoms with Gasteiger partial charge in [-0.1, -0.05) is 19.1 Å². The van der Waals surface area contributed by atoms with E-state index in [1.807, 2.05) is 6.08 Å². The van der Waals surface area contributed by atoms with Gasteiger partial charge in [-0.05, 0) is 30.9 Å². The van der Waals surface area contributed by atoms with Crippen molar-refractivity contribution in [2.75, 3.05) is 0 Å². The molecule has 0 bridgehead atoms.